The van der Waals surface area contributed by atoms with E-state index in [1.165, 1.54) is 10.1 Å². The van der Waals surface area contributed by atoms with Crippen LogP contribution in [0.1, 0.15) is 17.2 Å². The van der Waals surface area contributed by atoms with Crippen LogP contribution in [0.3, 0.4) is 0 Å². The molecule has 0 fully saturated rings. The topological polar surface area (TPSA) is 26.0 Å². The molecule has 0 radical (unpaired) electrons. The molecule has 1 atom stereocenters. The minimum Gasteiger partial charge on any atom is -0.324 e. The second-order valence-corrected chi connectivity index (χ2v) is 6.03. The molecule has 1 heterocycles. The fraction of sp³-hybridized carbons (Fsp3) is 0.125. The average Bonchev–Trinajstić information content (AvgIpc) is 2.92. The smallest absolute Gasteiger partial charge is 0.145 e. The van der Waals surface area contributed by atoms with Gasteiger partial charge in [-0.25, -0.2) is 4.39 Å². The maximum atomic E-state index is 13.9. The normalized spacial score (nSPS) is 12.8. The number of hydrogen-bond acceptors (Lipinski definition) is 2. The predicted octanol–water partition coefficient (Wildman–Crippen LogP) is 4.94. The highest BCUT2D eigenvalue weighted by atomic mass is 35.5. The lowest BCUT2D eigenvalue weighted by Gasteiger charge is -2.14. The van der Waals surface area contributed by atoms with Gasteiger partial charge in [-0.3, -0.25) is 0 Å². The zero-order valence-corrected chi connectivity index (χ0v) is 12.2. The third-order valence-electron chi connectivity index (χ3n) is 3.38. The number of nitrogens with two attached hydrogens (primary N) is 1. The van der Waals surface area contributed by atoms with Gasteiger partial charge in [0.2, 0.25) is 0 Å². The molecule has 1 unspecified atom stereocenters. The molecule has 0 bridgehead atoms. The first-order valence-corrected chi connectivity index (χ1v) is 7.57. The van der Waals surface area contributed by atoms with Crippen LogP contribution in [0.15, 0.2) is 47.8 Å². The van der Waals surface area contributed by atoms with Crippen molar-refractivity contribution in [3.05, 3.63) is 69.8 Å². The van der Waals surface area contributed by atoms with Crippen LogP contribution < -0.4 is 5.73 Å². The number of benzene rings is 2. The molecular formula is C16H13ClFNS. The summed E-state index contributed by atoms with van der Waals surface area (Å²) in [4.78, 5) is 0. The lowest BCUT2D eigenvalue weighted by molar-refractivity contribution is 0.594. The molecule has 0 saturated heterocycles. The van der Waals surface area contributed by atoms with Crippen LogP contribution in [-0.2, 0) is 6.42 Å². The fourth-order valence-corrected chi connectivity index (χ4v) is 3.53. The van der Waals surface area contributed by atoms with Crippen LogP contribution in [-0.4, -0.2) is 0 Å². The molecule has 102 valence electrons. The first-order valence-electron chi connectivity index (χ1n) is 6.31. The van der Waals surface area contributed by atoms with Crippen molar-refractivity contribution in [2.24, 2.45) is 5.73 Å². The Kier molecular flexibility index (Phi) is 3.74. The molecule has 4 heteroatoms. The van der Waals surface area contributed by atoms with Gasteiger partial charge in [-0.2, -0.15) is 0 Å². The van der Waals surface area contributed by atoms with E-state index in [1.54, 1.807) is 29.5 Å². The predicted molar refractivity (Wildman–Crippen MR) is 83.9 cm³/mol. The third-order valence-corrected chi connectivity index (χ3v) is 4.65. The summed E-state index contributed by atoms with van der Waals surface area (Å²) in [6, 6.07) is 12.9. The number of fused-ring (bicyclic) bond motifs is 1. The van der Waals surface area contributed by atoms with Gasteiger partial charge in [-0.05, 0) is 40.4 Å². The lowest BCUT2D eigenvalue weighted by Crippen LogP contribution is -2.14. The first kappa shape index (κ1) is 13.6. The Morgan fingerprint density at radius 1 is 1.15 bits per heavy atom. The molecule has 0 aliphatic carbocycles. The Morgan fingerprint density at radius 2 is 1.95 bits per heavy atom. The van der Waals surface area contributed by atoms with Gasteiger partial charge in [0, 0.05) is 10.7 Å². The van der Waals surface area contributed by atoms with Gasteiger partial charge in [0.05, 0.1) is 5.02 Å². The van der Waals surface area contributed by atoms with Crippen molar-refractivity contribution >= 4 is 33.0 Å². The molecule has 1 aromatic heterocycles. The Labute approximate surface area is 125 Å². The van der Waals surface area contributed by atoms with Crippen molar-refractivity contribution in [1.29, 1.82) is 0 Å². The van der Waals surface area contributed by atoms with Gasteiger partial charge in [0.15, 0.2) is 0 Å². The zero-order valence-electron chi connectivity index (χ0n) is 10.6. The SMILES string of the molecule is NC(Cc1cccc(Cl)c1F)c1cccc2ccsc12. The zero-order chi connectivity index (χ0) is 14.1. The minimum absolute atomic E-state index is 0.143. The Bertz CT molecular complexity index is 753. The van der Waals surface area contributed by atoms with Gasteiger partial charge in [0.1, 0.15) is 5.82 Å². The monoisotopic (exact) mass is 305 g/mol. The van der Waals surface area contributed by atoms with Gasteiger partial charge < -0.3 is 5.73 Å². The second-order valence-electron chi connectivity index (χ2n) is 4.71. The molecule has 20 heavy (non-hydrogen) atoms. The summed E-state index contributed by atoms with van der Waals surface area (Å²) in [6.07, 6.45) is 0.434. The molecule has 1 nitrogen and oxygen atoms in total. The summed E-state index contributed by atoms with van der Waals surface area (Å²) in [7, 11) is 0. The largest absolute Gasteiger partial charge is 0.324 e. The van der Waals surface area contributed by atoms with Crippen LogP contribution in [0.25, 0.3) is 10.1 Å². The molecule has 0 spiro atoms. The van der Waals surface area contributed by atoms with E-state index in [4.69, 9.17) is 17.3 Å². The molecule has 0 amide bonds. The highest BCUT2D eigenvalue weighted by molar-refractivity contribution is 7.17. The lowest BCUT2D eigenvalue weighted by atomic mass is 9.98. The Hall–Kier alpha value is -1.42. The minimum atomic E-state index is -0.372. The summed E-state index contributed by atoms with van der Waals surface area (Å²) in [5, 5.41) is 3.36. The van der Waals surface area contributed by atoms with E-state index in [0.29, 0.717) is 12.0 Å². The molecular weight excluding hydrogens is 293 g/mol. The molecule has 3 aromatic rings. The molecule has 0 aliphatic heterocycles. The van der Waals surface area contributed by atoms with E-state index < -0.39 is 0 Å². The van der Waals surface area contributed by atoms with Crippen LogP contribution in [0.5, 0.6) is 0 Å². The van der Waals surface area contributed by atoms with E-state index in [2.05, 4.69) is 12.1 Å². The summed E-state index contributed by atoms with van der Waals surface area (Å²) in [5.74, 6) is -0.372. The maximum absolute atomic E-state index is 13.9. The van der Waals surface area contributed by atoms with E-state index in [-0.39, 0.29) is 16.9 Å². The van der Waals surface area contributed by atoms with Crippen molar-refractivity contribution < 1.29 is 4.39 Å². The number of hydrogen-bond donors (Lipinski definition) is 1. The summed E-state index contributed by atoms with van der Waals surface area (Å²) < 4.78 is 15.1. The summed E-state index contributed by atoms with van der Waals surface area (Å²) in [6.45, 7) is 0. The van der Waals surface area contributed by atoms with Gasteiger partial charge >= 0.3 is 0 Å². The summed E-state index contributed by atoms with van der Waals surface area (Å²) >= 11 is 7.47. The second kappa shape index (κ2) is 5.52. The Balaban J connectivity index is 1.95. The highest BCUT2D eigenvalue weighted by Gasteiger charge is 2.14. The fourth-order valence-electron chi connectivity index (χ4n) is 2.36. The van der Waals surface area contributed by atoms with Crippen LogP contribution in [0.4, 0.5) is 4.39 Å². The summed E-state index contributed by atoms with van der Waals surface area (Å²) in [5.41, 5.74) is 7.88. The maximum Gasteiger partial charge on any atom is 0.145 e. The molecule has 2 aromatic carbocycles. The van der Waals surface area contributed by atoms with E-state index in [0.717, 1.165) is 5.56 Å². The van der Waals surface area contributed by atoms with Gasteiger partial charge in [-0.1, -0.05) is 41.9 Å². The van der Waals surface area contributed by atoms with Crippen LogP contribution in [0.2, 0.25) is 5.02 Å². The molecule has 3 rings (SSSR count). The van der Waals surface area contributed by atoms with Gasteiger partial charge in [-0.15, -0.1) is 11.3 Å². The highest BCUT2D eigenvalue weighted by Crippen LogP contribution is 2.30. The average molecular weight is 306 g/mol. The third kappa shape index (κ3) is 2.44. The van der Waals surface area contributed by atoms with Crippen LogP contribution in [0, 0.1) is 5.82 Å². The van der Waals surface area contributed by atoms with Crippen molar-refractivity contribution in [2.45, 2.75) is 12.5 Å². The number of thiophene rings is 1. The van der Waals surface area contributed by atoms with Crippen molar-refractivity contribution in [1.82, 2.24) is 0 Å². The number of halogens is 2. The number of rotatable bonds is 3. The first-order chi connectivity index (χ1) is 9.66. The Morgan fingerprint density at radius 3 is 2.80 bits per heavy atom. The molecule has 2 N–H and O–H groups in total. The van der Waals surface area contributed by atoms with Crippen molar-refractivity contribution in [3.8, 4) is 0 Å². The molecule has 0 aliphatic rings. The van der Waals surface area contributed by atoms with Crippen molar-refractivity contribution in [3.63, 3.8) is 0 Å². The van der Waals surface area contributed by atoms with Crippen molar-refractivity contribution in [2.75, 3.05) is 0 Å². The van der Waals surface area contributed by atoms with E-state index in [1.807, 2.05) is 17.5 Å². The van der Waals surface area contributed by atoms with E-state index in [9.17, 15) is 4.39 Å². The molecule has 0 saturated carbocycles. The standard InChI is InChI=1S/C16H13ClFNS/c17-13-6-2-4-11(15(13)18)9-14(19)12-5-1-3-10-7-8-20-16(10)12/h1-8,14H,9,19H2. The van der Waals surface area contributed by atoms with Gasteiger partial charge in [0.25, 0.3) is 0 Å². The van der Waals surface area contributed by atoms with Crippen LogP contribution >= 0.6 is 22.9 Å². The van der Waals surface area contributed by atoms with E-state index >= 15 is 0 Å². The quantitative estimate of drug-likeness (QED) is 0.729.